The summed E-state index contributed by atoms with van der Waals surface area (Å²) in [6.45, 7) is 11.2. The first-order valence-electron chi connectivity index (χ1n) is 9.95. The van der Waals surface area contributed by atoms with Crippen LogP contribution in [-0.4, -0.2) is 0 Å². The number of aryl methyl sites for hydroxylation is 2. The lowest BCUT2D eigenvalue weighted by Crippen LogP contribution is -2.11. The fourth-order valence-electron chi connectivity index (χ4n) is 3.22. The largest absolute Gasteiger partial charge is 0.166 e. The number of hydrogen-bond donors (Lipinski definition) is 0. The molecule has 0 unspecified atom stereocenters. The van der Waals surface area contributed by atoms with Gasteiger partial charge in [-0.05, 0) is 71.3 Å². The first-order valence-corrected chi connectivity index (χ1v) is 11.2. The first kappa shape index (κ1) is 19.8. The second kappa shape index (κ2) is 8.35. The van der Waals surface area contributed by atoms with Crippen LogP contribution in [0.4, 0.5) is 0 Å². The zero-order chi connectivity index (χ0) is 19.4. The van der Waals surface area contributed by atoms with Gasteiger partial charge in [0.1, 0.15) is 0 Å². The van der Waals surface area contributed by atoms with Crippen LogP contribution < -0.4 is 0 Å². The second-order valence-corrected chi connectivity index (χ2v) is 10.1. The minimum Gasteiger partial charge on any atom is -0.0613 e. The monoisotopic (exact) mass is 375 g/mol. The summed E-state index contributed by atoms with van der Waals surface area (Å²) in [5.74, 6) is 0. The molecule has 3 aromatic rings. The molecule has 0 N–H and O–H groups in total. The molecule has 0 saturated heterocycles. The number of rotatable bonds is 5. The van der Waals surface area contributed by atoms with Gasteiger partial charge < -0.3 is 0 Å². The summed E-state index contributed by atoms with van der Waals surface area (Å²) >= 11 is 0. The minimum absolute atomic E-state index is 0.0702. The van der Waals surface area contributed by atoms with Gasteiger partial charge in [-0.15, -0.1) is 0 Å². The van der Waals surface area contributed by atoms with Crippen molar-refractivity contribution in [3.63, 3.8) is 0 Å². The third-order valence-corrected chi connectivity index (χ3v) is 7.32. The van der Waals surface area contributed by atoms with Crippen LogP contribution in [0.2, 0.25) is 0 Å². The maximum Gasteiger partial charge on any atom is 0.166 e. The molecule has 0 aliphatic heterocycles. The van der Waals surface area contributed by atoms with Gasteiger partial charge in [-0.1, -0.05) is 71.0 Å². The van der Waals surface area contributed by atoms with E-state index in [1.807, 2.05) is 0 Å². The highest BCUT2D eigenvalue weighted by Crippen LogP contribution is 2.33. The predicted octanol–water partition coefficient (Wildman–Crippen LogP) is 7.20. The Labute approximate surface area is 168 Å². The molecule has 0 aliphatic carbocycles. The van der Waals surface area contributed by atoms with Gasteiger partial charge >= 0.3 is 0 Å². The highest BCUT2D eigenvalue weighted by Gasteiger charge is 2.29. The van der Waals surface area contributed by atoms with E-state index in [0.29, 0.717) is 0 Å². The Morgan fingerprint density at radius 3 is 1.19 bits per heavy atom. The minimum atomic E-state index is -0.0702. The highest BCUT2D eigenvalue weighted by atomic mass is 32.2. The smallest absolute Gasteiger partial charge is 0.0613 e. The maximum atomic E-state index is 2.32. The van der Waals surface area contributed by atoms with E-state index in [9.17, 15) is 0 Å². The molecule has 1 heteroatoms. The Kier molecular flexibility index (Phi) is 6.11. The fraction of sp³-hybridized carbons (Fsp3) is 0.308. The van der Waals surface area contributed by atoms with E-state index in [1.54, 1.807) is 0 Å². The van der Waals surface area contributed by atoms with Crippen LogP contribution in [0.5, 0.6) is 0 Å². The summed E-state index contributed by atoms with van der Waals surface area (Å²) in [5, 5.41) is 0. The SMILES string of the molecule is CCc1ccc([S+](c2ccc(CC)cc2)c2ccc(C(C)(C)C)cc2)cc1. The Bertz CT molecular complexity index is 803. The van der Waals surface area contributed by atoms with E-state index in [0.717, 1.165) is 12.8 Å². The van der Waals surface area contributed by atoms with Crippen molar-refractivity contribution in [2.45, 2.75) is 67.6 Å². The average Bonchev–Trinajstić information content (AvgIpc) is 2.69. The number of benzene rings is 3. The van der Waals surface area contributed by atoms with Crippen LogP contribution >= 0.6 is 0 Å². The van der Waals surface area contributed by atoms with Crippen LogP contribution in [0.3, 0.4) is 0 Å². The molecule has 0 amide bonds. The molecule has 0 aliphatic rings. The summed E-state index contributed by atoms with van der Waals surface area (Å²) < 4.78 is 0. The van der Waals surface area contributed by atoms with Crippen molar-refractivity contribution < 1.29 is 0 Å². The molecular weight excluding hydrogens is 344 g/mol. The second-order valence-electron chi connectivity index (χ2n) is 8.08. The quantitative estimate of drug-likeness (QED) is 0.413. The third kappa shape index (κ3) is 4.65. The van der Waals surface area contributed by atoms with Crippen LogP contribution in [-0.2, 0) is 29.2 Å². The zero-order valence-electron chi connectivity index (χ0n) is 17.3. The highest BCUT2D eigenvalue weighted by molar-refractivity contribution is 7.97. The molecular formula is C26H31S+. The van der Waals surface area contributed by atoms with E-state index in [1.165, 1.54) is 31.4 Å². The molecule has 27 heavy (non-hydrogen) atoms. The lowest BCUT2D eigenvalue weighted by Gasteiger charge is -2.19. The molecule has 0 bridgehead atoms. The maximum absolute atomic E-state index is 2.32. The van der Waals surface area contributed by atoms with Crippen LogP contribution in [0.25, 0.3) is 0 Å². The van der Waals surface area contributed by atoms with E-state index in [-0.39, 0.29) is 16.3 Å². The van der Waals surface area contributed by atoms with Crippen LogP contribution in [0.1, 0.15) is 51.3 Å². The molecule has 0 heterocycles. The van der Waals surface area contributed by atoms with Crippen molar-refractivity contribution in [2.24, 2.45) is 0 Å². The van der Waals surface area contributed by atoms with E-state index in [2.05, 4.69) is 107 Å². The molecule has 140 valence electrons. The standard InChI is InChI=1S/C26H31S/c1-6-20-8-14-23(15-9-20)27(24-16-10-21(7-2)11-17-24)25-18-12-22(13-19-25)26(3,4)5/h8-19H,6-7H2,1-5H3/q+1. The van der Waals surface area contributed by atoms with E-state index < -0.39 is 0 Å². The Hall–Kier alpha value is -1.99. The molecule has 0 radical (unpaired) electrons. The topological polar surface area (TPSA) is 0 Å². The summed E-state index contributed by atoms with van der Waals surface area (Å²) in [6.07, 6.45) is 2.17. The van der Waals surface area contributed by atoms with Gasteiger partial charge in [-0.2, -0.15) is 0 Å². The molecule has 3 aromatic carbocycles. The van der Waals surface area contributed by atoms with E-state index in [4.69, 9.17) is 0 Å². The van der Waals surface area contributed by atoms with Gasteiger partial charge in [0, 0.05) is 0 Å². The van der Waals surface area contributed by atoms with Crippen molar-refractivity contribution in [1.82, 2.24) is 0 Å². The van der Waals surface area contributed by atoms with Crippen molar-refractivity contribution in [3.8, 4) is 0 Å². The van der Waals surface area contributed by atoms with Gasteiger partial charge in [-0.3, -0.25) is 0 Å². The normalized spacial score (nSPS) is 11.8. The van der Waals surface area contributed by atoms with Crippen molar-refractivity contribution in [2.75, 3.05) is 0 Å². The molecule has 0 fully saturated rings. The van der Waals surface area contributed by atoms with Gasteiger partial charge in [0.05, 0.1) is 10.9 Å². The summed E-state index contributed by atoms with van der Waals surface area (Å²) in [5.41, 5.74) is 4.36. The molecule has 0 atom stereocenters. The van der Waals surface area contributed by atoms with Crippen molar-refractivity contribution in [3.05, 3.63) is 89.5 Å². The van der Waals surface area contributed by atoms with Crippen molar-refractivity contribution in [1.29, 1.82) is 0 Å². The average molecular weight is 376 g/mol. The molecule has 0 nitrogen and oxygen atoms in total. The van der Waals surface area contributed by atoms with Crippen LogP contribution in [0.15, 0.2) is 87.5 Å². The summed E-state index contributed by atoms with van der Waals surface area (Å²) in [7, 11) is -0.0702. The first-order chi connectivity index (χ1) is 12.9. The lowest BCUT2D eigenvalue weighted by molar-refractivity contribution is 0.589. The summed E-state index contributed by atoms with van der Waals surface area (Å²) in [6, 6.07) is 27.6. The van der Waals surface area contributed by atoms with Crippen molar-refractivity contribution >= 4 is 10.9 Å². The Balaban J connectivity index is 2.05. The van der Waals surface area contributed by atoms with Gasteiger partial charge in [0.2, 0.25) is 0 Å². The lowest BCUT2D eigenvalue weighted by atomic mass is 9.87. The summed E-state index contributed by atoms with van der Waals surface area (Å²) in [4.78, 5) is 4.16. The van der Waals surface area contributed by atoms with Gasteiger partial charge in [0.15, 0.2) is 14.7 Å². The van der Waals surface area contributed by atoms with E-state index >= 15 is 0 Å². The fourth-order valence-corrected chi connectivity index (χ4v) is 5.26. The zero-order valence-corrected chi connectivity index (χ0v) is 18.1. The third-order valence-electron chi connectivity index (χ3n) is 5.09. The van der Waals surface area contributed by atoms with Gasteiger partial charge in [0.25, 0.3) is 0 Å². The van der Waals surface area contributed by atoms with Crippen LogP contribution in [0, 0.1) is 0 Å². The predicted molar refractivity (Wildman–Crippen MR) is 119 cm³/mol. The number of hydrogen-bond acceptors (Lipinski definition) is 0. The molecule has 3 rings (SSSR count). The molecule has 0 aromatic heterocycles. The van der Waals surface area contributed by atoms with Gasteiger partial charge in [-0.25, -0.2) is 0 Å². The Morgan fingerprint density at radius 2 is 0.889 bits per heavy atom. The molecule has 0 spiro atoms. The molecule has 0 saturated carbocycles. The Morgan fingerprint density at radius 1 is 0.556 bits per heavy atom.